The Morgan fingerprint density at radius 1 is 1.43 bits per heavy atom. The molecule has 21 heavy (non-hydrogen) atoms. The number of carbonyl (C=O) groups is 1. The topological polar surface area (TPSA) is 55.8 Å². The molecule has 2 unspecified atom stereocenters. The van der Waals surface area contributed by atoms with Crippen LogP contribution in [0.25, 0.3) is 0 Å². The van der Waals surface area contributed by atoms with Crippen molar-refractivity contribution in [2.45, 2.75) is 65.1 Å². The van der Waals surface area contributed by atoms with Crippen molar-refractivity contribution in [3.8, 4) is 0 Å². The van der Waals surface area contributed by atoms with Gasteiger partial charge in [0, 0.05) is 31.7 Å². The standard InChI is InChI=1S/C16H33N3O2/c1-6-19-11-10-18(12-14(19)4)9-7-8-16(5,15(20)21)17-13(2)3/h13-14,17H,6-12H2,1-5H3,(H,20,21). The molecule has 124 valence electrons. The summed E-state index contributed by atoms with van der Waals surface area (Å²) in [4.78, 5) is 16.5. The van der Waals surface area contributed by atoms with E-state index in [1.54, 1.807) is 6.92 Å². The van der Waals surface area contributed by atoms with Crippen molar-refractivity contribution in [3.05, 3.63) is 0 Å². The molecule has 5 nitrogen and oxygen atoms in total. The quantitative estimate of drug-likeness (QED) is 0.713. The molecule has 0 aromatic rings. The predicted molar refractivity (Wildman–Crippen MR) is 86.7 cm³/mol. The summed E-state index contributed by atoms with van der Waals surface area (Å²) in [7, 11) is 0. The monoisotopic (exact) mass is 299 g/mol. The maximum Gasteiger partial charge on any atom is 0.323 e. The lowest BCUT2D eigenvalue weighted by Gasteiger charge is -2.39. The lowest BCUT2D eigenvalue weighted by atomic mass is 9.94. The number of aliphatic carboxylic acids is 1. The first-order valence-corrected chi connectivity index (χ1v) is 8.26. The zero-order valence-electron chi connectivity index (χ0n) is 14.4. The van der Waals surface area contributed by atoms with Gasteiger partial charge in [-0.15, -0.1) is 0 Å². The molecule has 2 N–H and O–H groups in total. The number of carboxylic acid groups (broad SMARTS) is 1. The van der Waals surface area contributed by atoms with E-state index in [2.05, 4.69) is 29.0 Å². The van der Waals surface area contributed by atoms with Gasteiger partial charge >= 0.3 is 5.97 Å². The van der Waals surface area contributed by atoms with E-state index in [-0.39, 0.29) is 6.04 Å². The zero-order valence-corrected chi connectivity index (χ0v) is 14.4. The van der Waals surface area contributed by atoms with Crippen LogP contribution in [0.3, 0.4) is 0 Å². The molecule has 2 atom stereocenters. The van der Waals surface area contributed by atoms with Crippen LogP contribution in [0.4, 0.5) is 0 Å². The molecule has 1 rings (SSSR count). The molecule has 0 aliphatic carbocycles. The molecular weight excluding hydrogens is 266 g/mol. The van der Waals surface area contributed by atoms with Crippen molar-refractivity contribution in [3.63, 3.8) is 0 Å². The number of hydrogen-bond donors (Lipinski definition) is 2. The Hall–Kier alpha value is -0.650. The Morgan fingerprint density at radius 3 is 2.57 bits per heavy atom. The van der Waals surface area contributed by atoms with Crippen molar-refractivity contribution in [2.24, 2.45) is 0 Å². The van der Waals surface area contributed by atoms with E-state index in [1.165, 1.54) is 0 Å². The molecule has 1 saturated heterocycles. The van der Waals surface area contributed by atoms with Gasteiger partial charge in [0.25, 0.3) is 0 Å². The smallest absolute Gasteiger partial charge is 0.323 e. The van der Waals surface area contributed by atoms with E-state index in [1.807, 2.05) is 13.8 Å². The maximum atomic E-state index is 11.5. The molecule has 0 spiro atoms. The Bertz CT molecular complexity index is 335. The Kier molecular flexibility index (Phi) is 7.10. The van der Waals surface area contributed by atoms with Crippen LogP contribution in [0, 0.1) is 0 Å². The van der Waals surface area contributed by atoms with E-state index in [9.17, 15) is 9.90 Å². The minimum atomic E-state index is -0.814. The molecule has 0 aromatic carbocycles. The van der Waals surface area contributed by atoms with Gasteiger partial charge in [-0.25, -0.2) is 0 Å². The second kappa shape index (κ2) is 8.11. The third-order valence-corrected chi connectivity index (χ3v) is 4.49. The summed E-state index contributed by atoms with van der Waals surface area (Å²) >= 11 is 0. The molecule has 0 saturated carbocycles. The molecule has 0 amide bonds. The minimum absolute atomic E-state index is 0.180. The van der Waals surface area contributed by atoms with Gasteiger partial charge in [-0.3, -0.25) is 15.0 Å². The number of carboxylic acids is 1. The number of hydrogen-bond acceptors (Lipinski definition) is 4. The molecule has 0 radical (unpaired) electrons. The van der Waals surface area contributed by atoms with E-state index < -0.39 is 11.5 Å². The fraction of sp³-hybridized carbons (Fsp3) is 0.938. The van der Waals surface area contributed by atoms with Crippen LogP contribution in [0.5, 0.6) is 0 Å². The van der Waals surface area contributed by atoms with E-state index in [4.69, 9.17) is 0 Å². The molecule has 0 bridgehead atoms. The number of rotatable bonds is 8. The van der Waals surface area contributed by atoms with Gasteiger partial charge in [0.2, 0.25) is 0 Å². The largest absolute Gasteiger partial charge is 0.480 e. The fourth-order valence-electron chi connectivity index (χ4n) is 3.28. The fourth-order valence-corrected chi connectivity index (χ4v) is 3.28. The Labute approximate surface area is 129 Å². The first-order valence-electron chi connectivity index (χ1n) is 8.26. The van der Waals surface area contributed by atoms with E-state index in [0.717, 1.165) is 39.1 Å². The van der Waals surface area contributed by atoms with Gasteiger partial charge in [-0.05, 0) is 53.6 Å². The van der Waals surface area contributed by atoms with E-state index >= 15 is 0 Å². The summed E-state index contributed by atoms with van der Waals surface area (Å²) in [6.45, 7) is 15.7. The summed E-state index contributed by atoms with van der Waals surface area (Å²) in [5, 5.41) is 12.6. The van der Waals surface area contributed by atoms with Crippen molar-refractivity contribution < 1.29 is 9.90 Å². The second-order valence-corrected chi connectivity index (χ2v) is 6.82. The van der Waals surface area contributed by atoms with Crippen LogP contribution in [0.15, 0.2) is 0 Å². The highest BCUT2D eigenvalue weighted by Gasteiger charge is 2.33. The Balaban J connectivity index is 2.40. The van der Waals surface area contributed by atoms with Crippen molar-refractivity contribution in [1.82, 2.24) is 15.1 Å². The van der Waals surface area contributed by atoms with Crippen LogP contribution in [-0.2, 0) is 4.79 Å². The third kappa shape index (κ3) is 5.57. The summed E-state index contributed by atoms with van der Waals surface area (Å²) in [6.07, 6.45) is 1.59. The van der Waals surface area contributed by atoms with Crippen molar-refractivity contribution >= 4 is 5.97 Å². The normalized spacial score (nSPS) is 24.2. The van der Waals surface area contributed by atoms with Gasteiger partial charge < -0.3 is 10.0 Å². The first kappa shape index (κ1) is 18.4. The molecule has 1 fully saturated rings. The number of nitrogens with one attached hydrogen (secondary N) is 1. The van der Waals surface area contributed by atoms with Crippen molar-refractivity contribution in [2.75, 3.05) is 32.7 Å². The minimum Gasteiger partial charge on any atom is -0.480 e. The van der Waals surface area contributed by atoms with Gasteiger partial charge in [0.15, 0.2) is 0 Å². The van der Waals surface area contributed by atoms with Crippen LogP contribution in [0.1, 0.15) is 47.5 Å². The highest BCUT2D eigenvalue weighted by Crippen LogP contribution is 2.16. The highest BCUT2D eigenvalue weighted by atomic mass is 16.4. The molecule has 1 heterocycles. The lowest BCUT2D eigenvalue weighted by molar-refractivity contribution is -0.144. The summed E-state index contributed by atoms with van der Waals surface area (Å²) in [5.74, 6) is -0.750. The molecule has 1 aliphatic rings. The van der Waals surface area contributed by atoms with Crippen LogP contribution in [0.2, 0.25) is 0 Å². The third-order valence-electron chi connectivity index (χ3n) is 4.49. The van der Waals surface area contributed by atoms with Crippen LogP contribution in [-0.4, -0.2) is 71.2 Å². The summed E-state index contributed by atoms with van der Waals surface area (Å²) < 4.78 is 0. The molecule has 0 aromatic heterocycles. The lowest BCUT2D eigenvalue weighted by Crippen LogP contribution is -2.54. The zero-order chi connectivity index (χ0) is 16.0. The second-order valence-electron chi connectivity index (χ2n) is 6.82. The van der Waals surface area contributed by atoms with Gasteiger partial charge in [-0.2, -0.15) is 0 Å². The maximum absolute atomic E-state index is 11.5. The van der Waals surface area contributed by atoms with Gasteiger partial charge in [0.05, 0.1) is 0 Å². The van der Waals surface area contributed by atoms with Gasteiger partial charge in [-0.1, -0.05) is 6.92 Å². The molecule has 5 heteroatoms. The highest BCUT2D eigenvalue weighted by molar-refractivity contribution is 5.78. The summed E-state index contributed by atoms with van der Waals surface area (Å²) in [6, 6.07) is 0.780. The average molecular weight is 299 g/mol. The average Bonchev–Trinajstić information content (AvgIpc) is 2.38. The van der Waals surface area contributed by atoms with Crippen molar-refractivity contribution in [1.29, 1.82) is 0 Å². The first-order chi connectivity index (χ1) is 9.78. The van der Waals surface area contributed by atoms with E-state index in [0.29, 0.717) is 12.5 Å². The predicted octanol–water partition coefficient (Wildman–Crippen LogP) is 1.63. The molecule has 1 aliphatic heterocycles. The summed E-state index contributed by atoms with van der Waals surface area (Å²) in [5.41, 5.74) is -0.814. The van der Waals surface area contributed by atoms with Gasteiger partial charge in [0.1, 0.15) is 5.54 Å². The van der Waals surface area contributed by atoms with Crippen LogP contribution >= 0.6 is 0 Å². The number of piperazine rings is 1. The molecular formula is C16H33N3O2. The number of nitrogens with zero attached hydrogens (tertiary/aromatic N) is 2. The number of likely N-dealkylation sites (N-methyl/N-ethyl adjacent to an activating group) is 1. The van der Waals surface area contributed by atoms with Crippen LogP contribution < -0.4 is 5.32 Å². The SMILES string of the molecule is CCN1CCN(CCCC(C)(NC(C)C)C(=O)O)CC1C. The Morgan fingerprint density at radius 2 is 2.10 bits per heavy atom.